The van der Waals surface area contributed by atoms with Gasteiger partial charge in [-0.1, -0.05) is 5.16 Å². The Morgan fingerprint density at radius 1 is 1.35 bits per heavy atom. The molecular formula is C8H7ClN4O3S. The van der Waals surface area contributed by atoms with Crippen molar-refractivity contribution in [3.63, 3.8) is 0 Å². The zero-order valence-electron chi connectivity index (χ0n) is 8.58. The van der Waals surface area contributed by atoms with Gasteiger partial charge in [0, 0.05) is 6.07 Å². The van der Waals surface area contributed by atoms with Crippen LogP contribution in [-0.2, 0) is 10.0 Å². The molecule has 1 N–H and O–H groups in total. The lowest BCUT2D eigenvalue weighted by Crippen LogP contribution is -2.13. The van der Waals surface area contributed by atoms with E-state index in [9.17, 15) is 8.42 Å². The summed E-state index contributed by atoms with van der Waals surface area (Å²) in [5.41, 5.74) is 0.565. The third kappa shape index (κ3) is 2.71. The lowest BCUT2D eigenvalue weighted by atomic mass is 10.5. The molecule has 2 aromatic heterocycles. The Kier molecular flexibility index (Phi) is 2.99. The minimum absolute atomic E-state index is 0.0254. The number of nitrogens with zero attached hydrogens (tertiary/aromatic N) is 3. The maximum absolute atomic E-state index is 11.8. The van der Waals surface area contributed by atoms with Crippen molar-refractivity contribution in [1.82, 2.24) is 15.1 Å². The fourth-order valence-corrected chi connectivity index (χ4v) is 2.00. The van der Waals surface area contributed by atoms with Crippen molar-refractivity contribution in [2.24, 2.45) is 0 Å². The molecule has 0 radical (unpaired) electrons. The third-order valence-electron chi connectivity index (χ3n) is 1.77. The molecule has 2 rings (SSSR count). The maximum Gasteiger partial charge on any atom is 0.267 e. The molecule has 2 aromatic rings. The number of sulfonamides is 1. The number of nitrogens with one attached hydrogen (secondary N) is 1. The van der Waals surface area contributed by atoms with Gasteiger partial charge in [-0.05, 0) is 18.5 Å². The zero-order valence-corrected chi connectivity index (χ0v) is 10.2. The summed E-state index contributed by atoms with van der Waals surface area (Å²) in [5, 5.41) is 3.53. The Morgan fingerprint density at radius 2 is 2.00 bits per heavy atom. The van der Waals surface area contributed by atoms with Gasteiger partial charge in [0.1, 0.15) is 4.90 Å². The van der Waals surface area contributed by atoms with Crippen LogP contribution in [0.5, 0.6) is 0 Å². The summed E-state index contributed by atoms with van der Waals surface area (Å²) in [4.78, 5) is 7.05. The molecule has 0 amide bonds. The second-order valence-corrected chi connectivity index (χ2v) is 5.15. The molecule has 2 heterocycles. The summed E-state index contributed by atoms with van der Waals surface area (Å²) < 4.78 is 30.5. The van der Waals surface area contributed by atoms with Crippen molar-refractivity contribution >= 4 is 27.5 Å². The van der Waals surface area contributed by atoms with Crippen LogP contribution in [0.1, 0.15) is 5.69 Å². The van der Waals surface area contributed by atoms with Gasteiger partial charge in [0.2, 0.25) is 11.2 Å². The Balaban J connectivity index is 2.28. The van der Waals surface area contributed by atoms with E-state index in [0.717, 1.165) is 12.4 Å². The fraction of sp³-hybridized carbons (Fsp3) is 0.125. The summed E-state index contributed by atoms with van der Waals surface area (Å²) in [5.74, 6) is 0.0254. The highest BCUT2D eigenvalue weighted by Crippen LogP contribution is 2.15. The lowest BCUT2D eigenvalue weighted by Gasteiger charge is -2.02. The second kappa shape index (κ2) is 4.30. The van der Waals surface area contributed by atoms with Gasteiger partial charge in [0.25, 0.3) is 10.0 Å². The standard InChI is InChI=1S/C8H7ClN4O3S/c1-5-2-7(16-12-5)13-17(14,15)6-3-10-8(9)11-4-6/h2-4,13H,1H3. The molecule has 0 bridgehead atoms. The number of rotatable bonds is 3. The van der Waals surface area contributed by atoms with Crippen LogP contribution in [0.25, 0.3) is 0 Å². The molecule has 9 heteroatoms. The average molecular weight is 275 g/mol. The number of aryl methyl sites for hydroxylation is 1. The SMILES string of the molecule is Cc1cc(NS(=O)(=O)c2cnc(Cl)nc2)on1. The highest BCUT2D eigenvalue weighted by atomic mass is 35.5. The predicted molar refractivity (Wildman–Crippen MR) is 59.1 cm³/mol. The van der Waals surface area contributed by atoms with E-state index in [1.54, 1.807) is 6.92 Å². The topological polar surface area (TPSA) is 98.0 Å². The number of aromatic nitrogens is 3. The van der Waals surface area contributed by atoms with Crippen LogP contribution >= 0.6 is 11.6 Å². The molecule has 17 heavy (non-hydrogen) atoms. The molecule has 0 aliphatic carbocycles. The van der Waals surface area contributed by atoms with Gasteiger partial charge in [0.15, 0.2) is 0 Å². The van der Waals surface area contributed by atoms with Crippen LogP contribution in [0.15, 0.2) is 27.9 Å². The van der Waals surface area contributed by atoms with Gasteiger partial charge in [0.05, 0.1) is 18.1 Å². The van der Waals surface area contributed by atoms with Gasteiger partial charge < -0.3 is 4.52 Å². The quantitative estimate of drug-likeness (QED) is 0.845. The van der Waals surface area contributed by atoms with Crippen LogP contribution in [0, 0.1) is 6.92 Å². The highest BCUT2D eigenvalue weighted by molar-refractivity contribution is 7.92. The minimum atomic E-state index is -3.78. The monoisotopic (exact) mass is 274 g/mol. The van der Waals surface area contributed by atoms with Crippen molar-refractivity contribution < 1.29 is 12.9 Å². The van der Waals surface area contributed by atoms with E-state index in [1.165, 1.54) is 6.07 Å². The zero-order chi connectivity index (χ0) is 12.5. The highest BCUT2D eigenvalue weighted by Gasteiger charge is 2.17. The third-order valence-corrected chi connectivity index (χ3v) is 3.27. The molecule has 0 aliphatic heterocycles. The molecule has 0 unspecified atom stereocenters. The predicted octanol–water partition coefficient (Wildman–Crippen LogP) is 1.23. The molecule has 0 atom stereocenters. The van der Waals surface area contributed by atoms with Crippen LogP contribution in [0.2, 0.25) is 5.28 Å². The van der Waals surface area contributed by atoms with Gasteiger partial charge in [-0.25, -0.2) is 23.1 Å². The van der Waals surface area contributed by atoms with Crippen molar-refractivity contribution in [2.75, 3.05) is 4.72 Å². The summed E-state index contributed by atoms with van der Waals surface area (Å²) in [6.45, 7) is 1.67. The largest absolute Gasteiger partial charge is 0.338 e. The van der Waals surface area contributed by atoms with Gasteiger partial charge in [-0.2, -0.15) is 0 Å². The summed E-state index contributed by atoms with van der Waals surface area (Å²) >= 11 is 5.46. The minimum Gasteiger partial charge on any atom is -0.338 e. The average Bonchev–Trinajstić information content (AvgIpc) is 2.63. The molecule has 0 saturated heterocycles. The van der Waals surface area contributed by atoms with Crippen LogP contribution in [0.4, 0.5) is 5.88 Å². The molecule has 0 aromatic carbocycles. The van der Waals surface area contributed by atoms with E-state index in [4.69, 9.17) is 16.1 Å². The van der Waals surface area contributed by atoms with E-state index in [2.05, 4.69) is 19.8 Å². The van der Waals surface area contributed by atoms with Crippen molar-refractivity contribution in [3.05, 3.63) is 29.4 Å². The Hall–Kier alpha value is -1.67. The molecule has 0 saturated carbocycles. The van der Waals surface area contributed by atoms with E-state index >= 15 is 0 Å². The summed E-state index contributed by atoms with van der Waals surface area (Å²) in [7, 11) is -3.78. The van der Waals surface area contributed by atoms with Crippen LogP contribution < -0.4 is 4.72 Å². The fourth-order valence-electron chi connectivity index (χ4n) is 1.04. The molecule has 7 nitrogen and oxygen atoms in total. The number of hydrogen-bond donors (Lipinski definition) is 1. The Bertz CT molecular complexity index is 622. The van der Waals surface area contributed by atoms with Crippen LogP contribution in [-0.4, -0.2) is 23.5 Å². The van der Waals surface area contributed by atoms with Crippen molar-refractivity contribution in [1.29, 1.82) is 0 Å². The first-order valence-electron chi connectivity index (χ1n) is 4.41. The van der Waals surface area contributed by atoms with Gasteiger partial charge in [-0.3, -0.25) is 0 Å². The lowest BCUT2D eigenvalue weighted by molar-refractivity contribution is 0.430. The van der Waals surface area contributed by atoms with E-state index in [1.807, 2.05) is 0 Å². The summed E-state index contributed by atoms with van der Waals surface area (Å²) in [6, 6.07) is 1.45. The number of halogens is 1. The smallest absolute Gasteiger partial charge is 0.267 e. The summed E-state index contributed by atoms with van der Waals surface area (Å²) in [6.07, 6.45) is 2.20. The normalized spacial score (nSPS) is 11.4. The molecule has 0 aliphatic rings. The Morgan fingerprint density at radius 3 is 2.53 bits per heavy atom. The van der Waals surface area contributed by atoms with E-state index in [-0.39, 0.29) is 16.1 Å². The number of anilines is 1. The van der Waals surface area contributed by atoms with Crippen molar-refractivity contribution in [2.45, 2.75) is 11.8 Å². The maximum atomic E-state index is 11.8. The molecule has 90 valence electrons. The van der Waals surface area contributed by atoms with E-state index in [0.29, 0.717) is 5.69 Å². The first kappa shape index (κ1) is 11.8. The molecule has 0 fully saturated rings. The Labute approximate surface area is 102 Å². The first-order valence-corrected chi connectivity index (χ1v) is 6.27. The van der Waals surface area contributed by atoms with Gasteiger partial charge >= 0.3 is 0 Å². The van der Waals surface area contributed by atoms with Crippen molar-refractivity contribution in [3.8, 4) is 0 Å². The second-order valence-electron chi connectivity index (χ2n) is 3.13. The first-order chi connectivity index (χ1) is 7.97. The van der Waals surface area contributed by atoms with Crippen LogP contribution in [0.3, 0.4) is 0 Å². The molecule has 0 spiro atoms. The van der Waals surface area contributed by atoms with Gasteiger partial charge in [-0.15, -0.1) is 0 Å². The van der Waals surface area contributed by atoms with E-state index < -0.39 is 10.0 Å². The molecular weight excluding hydrogens is 268 g/mol. The number of hydrogen-bond acceptors (Lipinski definition) is 6.